The molecule has 1 aromatic carbocycles. The Kier molecular flexibility index (Phi) is 6.33. The Balaban J connectivity index is 0.00000200. The van der Waals surface area contributed by atoms with Crippen molar-refractivity contribution in [3.63, 3.8) is 0 Å². The van der Waals surface area contributed by atoms with E-state index in [1.54, 1.807) is 0 Å². The van der Waals surface area contributed by atoms with E-state index in [0.29, 0.717) is 19.3 Å². The van der Waals surface area contributed by atoms with E-state index in [2.05, 4.69) is 10.6 Å². The van der Waals surface area contributed by atoms with Gasteiger partial charge in [0.15, 0.2) is 5.11 Å². The zero-order valence-corrected chi connectivity index (χ0v) is 14.5. The molecule has 1 aromatic rings. The molecule has 1 heterocycles. The minimum Gasteiger partial charge on any atom is -0.302 e. The standard InChI is InChI=1S/C14H16N2O2S.Na/c1-2-14(9-8-10-6-4-3-5-7-10)11(17)15-13(19)16-12(14)18;/h3-7H,2,8-9H2,1H3,(H2,15,16,17,18,19);. The summed E-state index contributed by atoms with van der Waals surface area (Å²) in [4.78, 5) is 24.3. The van der Waals surface area contributed by atoms with E-state index < -0.39 is 5.41 Å². The van der Waals surface area contributed by atoms with Gasteiger partial charge in [0.2, 0.25) is 11.8 Å². The molecule has 1 radical (unpaired) electrons. The Labute approximate surface area is 146 Å². The van der Waals surface area contributed by atoms with E-state index in [1.165, 1.54) is 0 Å². The second-order valence-corrected chi connectivity index (χ2v) is 5.07. The SMILES string of the molecule is CCC1(CCc2ccccc2)C(=O)NC(=S)NC1=O.[Na]. The summed E-state index contributed by atoms with van der Waals surface area (Å²) in [5, 5.41) is 5.19. The molecule has 0 aliphatic carbocycles. The number of carbonyl (C=O) groups is 2. The van der Waals surface area contributed by atoms with Crippen LogP contribution < -0.4 is 10.6 Å². The molecular weight excluding hydrogens is 283 g/mol. The van der Waals surface area contributed by atoms with Crippen LogP contribution in [0, 0.1) is 5.41 Å². The molecule has 1 aliphatic rings. The van der Waals surface area contributed by atoms with Gasteiger partial charge >= 0.3 is 0 Å². The van der Waals surface area contributed by atoms with Crippen molar-refractivity contribution >= 4 is 58.7 Å². The zero-order chi connectivity index (χ0) is 13.9. The van der Waals surface area contributed by atoms with Crippen molar-refractivity contribution in [2.24, 2.45) is 5.41 Å². The fraction of sp³-hybridized carbons (Fsp3) is 0.357. The first kappa shape index (κ1) is 17.3. The minimum absolute atomic E-state index is 0. The average molecular weight is 299 g/mol. The predicted molar refractivity (Wildman–Crippen MR) is 82.1 cm³/mol. The second kappa shape index (κ2) is 7.31. The van der Waals surface area contributed by atoms with Gasteiger partial charge in [0, 0.05) is 29.6 Å². The van der Waals surface area contributed by atoms with Gasteiger partial charge in [-0.3, -0.25) is 9.59 Å². The molecule has 101 valence electrons. The van der Waals surface area contributed by atoms with Crippen LogP contribution in [0.2, 0.25) is 0 Å². The molecule has 4 nitrogen and oxygen atoms in total. The fourth-order valence-electron chi connectivity index (χ4n) is 2.31. The number of rotatable bonds is 4. The maximum atomic E-state index is 12.1. The van der Waals surface area contributed by atoms with E-state index in [0.717, 1.165) is 5.56 Å². The Morgan fingerprint density at radius 2 is 1.65 bits per heavy atom. The predicted octanol–water partition coefficient (Wildman–Crippen LogP) is 1.17. The number of carbonyl (C=O) groups excluding carboxylic acids is 2. The van der Waals surface area contributed by atoms with Crippen LogP contribution in [0.4, 0.5) is 0 Å². The summed E-state index contributed by atoms with van der Waals surface area (Å²) in [6.45, 7) is 1.85. The van der Waals surface area contributed by atoms with Crippen LogP contribution in [0.25, 0.3) is 0 Å². The van der Waals surface area contributed by atoms with Gasteiger partial charge in [-0.25, -0.2) is 0 Å². The largest absolute Gasteiger partial charge is 0.302 e. The third kappa shape index (κ3) is 3.47. The van der Waals surface area contributed by atoms with Crippen molar-refractivity contribution in [3.05, 3.63) is 35.9 Å². The van der Waals surface area contributed by atoms with E-state index >= 15 is 0 Å². The minimum atomic E-state index is -1.02. The maximum Gasteiger partial charge on any atom is 0.241 e. The van der Waals surface area contributed by atoms with E-state index in [-0.39, 0.29) is 46.5 Å². The van der Waals surface area contributed by atoms with E-state index in [9.17, 15) is 9.59 Å². The summed E-state index contributed by atoms with van der Waals surface area (Å²) in [5.41, 5.74) is 0.0992. The van der Waals surface area contributed by atoms with Crippen LogP contribution in [-0.2, 0) is 16.0 Å². The van der Waals surface area contributed by atoms with Gasteiger partial charge in [0.1, 0.15) is 5.41 Å². The first-order valence-electron chi connectivity index (χ1n) is 6.29. The van der Waals surface area contributed by atoms with Gasteiger partial charge in [0.05, 0.1) is 0 Å². The summed E-state index contributed by atoms with van der Waals surface area (Å²) < 4.78 is 0. The third-order valence-corrected chi connectivity index (χ3v) is 3.81. The van der Waals surface area contributed by atoms with Crippen LogP contribution in [-0.4, -0.2) is 46.5 Å². The van der Waals surface area contributed by atoms with Gasteiger partial charge in [-0.2, -0.15) is 0 Å². The molecule has 2 amide bonds. The molecule has 1 aliphatic heterocycles. The Morgan fingerprint density at radius 1 is 1.10 bits per heavy atom. The van der Waals surface area contributed by atoms with Gasteiger partial charge in [-0.15, -0.1) is 0 Å². The Morgan fingerprint density at radius 3 is 2.15 bits per heavy atom. The normalized spacial score (nSPS) is 16.9. The molecule has 0 bridgehead atoms. The molecule has 0 unspecified atom stereocenters. The summed E-state index contributed by atoms with van der Waals surface area (Å²) in [5.74, 6) is -0.584. The van der Waals surface area contributed by atoms with Gasteiger partial charge in [0.25, 0.3) is 0 Å². The van der Waals surface area contributed by atoms with Crippen LogP contribution in [0.3, 0.4) is 0 Å². The molecule has 0 atom stereocenters. The average Bonchev–Trinajstić information content (AvgIpc) is 2.39. The summed E-state index contributed by atoms with van der Waals surface area (Å²) in [7, 11) is 0. The first-order chi connectivity index (χ1) is 9.08. The maximum absolute atomic E-state index is 12.1. The first-order valence-corrected chi connectivity index (χ1v) is 6.70. The van der Waals surface area contributed by atoms with Crippen molar-refractivity contribution in [2.75, 3.05) is 0 Å². The number of hydrogen-bond donors (Lipinski definition) is 2. The summed E-state index contributed by atoms with van der Waals surface area (Å²) in [6, 6.07) is 9.82. The van der Waals surface area contributed by atoms with Crippen LogP contribution >= 0.6 is 12.2 Å². The summed E-state index contributed by atoms with van der Waals surface area (Å²) in [6.07, 6.45) is 1.62. The smallest absolute Gasteiger partial charge is 0.241 e. The number of amides is 2. The molecule has 0 saturated carbocycles. The molecule has 0 spiro atoms. The van der Waals surface area contributed by atoms with Crippen molar-refractivity contribution in [1.29, 1.82) is 0 Å². The topological polar surface area (TPSA) is 58.2 Å². The molecule has 20 heavy (non-hydrogen) atoms. The fourth-order valence-corrected chi connectivity index (χ4v) is 2.49. The number of aryl methyl sites for hydroxylation is 1. The van der Waals surface area contributed by atoms with Crippen molar-refractivity contribution in [2.45, 2.75) is 26.2 Å². The van der Waals surface area contributed by atoms with Crippen molar-refractivity contribution < 1.29 is 9.59 Å². The van der Waals surface area contributed by atoms with E-state index in [1.807, 2.05) is 37.3 Å². The molecule has 0 aromatic heterocycles. The quantitative estimate of drug-likeness (QED) is 0.498. The third-order valence-electron chi connectivity index (χ3n) is 3.61. The summed E-state index contributed by atoms with van der Waals surface area (Å²) >= 11 is 4.82. The number of hydrogen-bond acceptors (Lipinski definition) is 3. The number of benzene rings is 1. The Bertz CT molecular complexity index is 499. The van der Waals surface area contributed by atoms with Gasteiger partial charge in [-0.05, 0) is 37.0 Å². The Hall–Kier alpha value is -0.750. The van der Waals surface area contributed by atoms with Crippen molar-refractivity contribution in [3.8, 4) is 0 Å². The zero-order valence-electron chi connectivity index (χ0n) is 11.7. The monoisotopic (exact) mass is 299 g/mol. The molecule has 1 saturated heterocycles. The molecule has 2 N–H and O–H groups in total. The molecule has 6 heteroatoms. The van der Waals surface area contributed by atoms with Crippen LogP contribution in [0.5, 0.6) is 0 Å². The van der Waals surface area contributed by atoms with Gasteiger partial charge in [-0.1, -0.05) is 37.3 Å². The number of thiocarbonyl (C=S) groups is 1. The second-order valence-electron chi connectivity index (χ2n) is 4.66. The van der Waals surface area contributed by atoms with Gasteiger partial charge < -0.3 is 10.6 Å². The van der Waals surface area contributed by atoms with E-state index in [4.69, 9.17) is 12.2 Å². The van der Waals surface area contributed by atoms with Crippen molar-refractivity contribution in [1.82, 2.24) is 10.6 Å². The molecule has 1 fully saturated rings. The number of nitrogens with one attached hydrogen (secondary N) is 2. The van der Waals surface area contributed by atoms with Crippen LogP contribution in [0.1, 0.15) is 25.3 Å². The van der Waals surface area contributed by atoms with Crippen LogP contribution in [0.15, 0.2) is 30.3 Å². The molecule has 2 rings (SSSR count). The molecular formula is C14H16N2NaO2S.